The van der Waals surface area contributed by atoms with Crippen LogP contribution < -0.4 is 15.4 Å². The van der Waals surface area contributed by atoms with Gasteiger partial charge in [-0.15, -0.1) is 0 Å². The molecule has 0 spiro atoms. The summed E-state index contributed by atoms with van der Waals surface area (Å²) in [5, 5.41) is 7.77. The third-order valence-electron chi connectivity index (χ3n) is 4.54. The van der Waals surface area contributed by atoms with Crippen LogP contribution in [0, 0.1) is 0 Å². The van der Waals surface area contributed by atoms with Crippen molar-refractivity contribution in [1.82, 2.24) is 9.97 Å². The standard InChI is InChI=1S/C23H22N4O/c1-28-21-14-8-5-11-18(21)16-25-23-26-20-13-7-6-12-19(20)22(27-23)24-15-17-9-3-2-4-10-17/h2-14H,15-16H2,1H3,(H2,24,25,26,27). The monoisotopic (exact) mass is 370 g/mol. The fourth-order valence-corrected chi connectivity index (χ4v) is 3.10. The first-order valence-corrected chi connectivity index (χ1v) is 9.24. The number of aromatic nitrogens is 2. The minimum Gasteiger partial charge on any atom is -0.496 e. The molecule has 28 heavy (non-hydrogen) atoms. The normalized spacial score (nSPS) is 10.6. The molecule has 0 unspecified atom stereocenters. The molecule has 1 aromatic heterocycles. The number of para-hydroxylation sites is 2. The lowest BCUT2D eigenvalue weighted by Crippen LogP contribution is -2.08. The van der Waals surface area contributed by atoms with E-state index in [2.05, 4.69) is 27.8 Å². The van der Waals surface area contributed by atoms with Gasteiger partial charge in [0, 0.05) is 24.0 Å². The summed E-state index contributed by atoms with van der Waals surface area (Å²) < 4.78 is 5.42. The summed E-state index contributed by atoms with van der Waals surface area (Å²) in [6.07, 6.45) is 0. The number of methoxy groups -OCH3 is 1. The highest BCUT2D eigenvalue weighted by Gasteiger charge is 2.08. The van der Waals surface area contributed by atoms with Crippen molar-refractivity contribution in [2.75, 3.05) is 17.7 Å². The molecule has 5 nitrogen and oxygen atoms in total. The molecule has 0 saturated heterocycles. The minimum absolute atomic E-state index is 0.583. The van der Waals surface area contributed by atoms with E-state index >= 15 is 0 Å². The molecule has 0 aliphatic heterocycles. The Morgan fingerprint density at radius 1 is 0.750 bits per heavy atom. The molecule has 0 aliphatic rings. The second kappa shape index (κ2) is 8.39. The van der Waals surface area contributed by atoms with Crippen molar-refractivity contribution < 1.29 is 4.74 Å². The SMILES string of the molecule is COc1ccccc1CNc1nc(NCc2ccccc2)c2ccccc2n1. The Balaban J connectivity index is 1.58. The van der Waals surface area contributed by atoms with Gasteiger partial charge in [-0.3, -0.25) is 0 Å². The van der Waals surface area contributed by atoms with Crippen molar-refractivity contribution >= 4 is 22.7 Å². The molecule has 0 radical (unpaired) electrons. The van der Waals surface area contributed by atoms with Gasteiger partial charge in [-0.1, -0.05) is 60.7 Å². The number of anilines is 2. The van der Waals surface area contributed by atoms with Crippen molar-refractivity contribution in [3.63, 3.8) is 0 Å². The van der Waals surface area contributed by atoms with E-state index in [9.17, 15) is 0 Å². The summed E-state index contributed by atoms with van der Waals surface area (Å²) in [4.78, 5) is 9.37. The van der Waals surface area contributed by atoms with Gasteiger partial charge in [-0.05, 0) is 23.8 Å². The second-order valence-corrected chi connectivity index (χ2v) is 6.42. The molecular formula is C23H22N4O. The van der Waals surface area contributed by atoms with Crippen LogP contribution in [0.1, 0.15) is 11.1 Å². The summed E-state index contributed by atoms with van der Waals surface area (Å²) in [7, 11) is 1.68. The Hall–Kier alpha value is -3.60. The number of fused-ring (bicyclic) bond motifs is 1. The molecule has 0 atom stereocenters. The summed E-state index contributed by atoms with van der Waals surface area (Å²) in [6, 6.07) is 26.2. The van der Waals surface area contributed by atoms with E-state index in [0.29, 0.717) is 19.0 Å². The molecule has 3 aromatic carbocycles. The van der Waals surface area contributed by atoms with E-state index in [0.717, 1.165) is 28.0 Å². The maximum absolute atomic E-state index is 5.42. The van der Waals surface area contributed by atoms with Crippen molar-refractivity contribution in [1.29, 1.82) is 0 Å². The van der Waals surface area contributed by atoms with Gasteiger partial charge in [0.2, 0.25) is 5.95 Å². The molecule has 0 amide bonds. The van der Waals surface area contributed by atoms with Gasteiger partial charge >= 0.3 is 0 Å². The molecule has 2 N–H and O–H groups in total. The van der Waals surface area contributed by atoms with Crippen LogP contribution in [0.15, 0.2) is 78.9 Å². The van der Waals surface area contributed by atoms with Crippen LogP contribution in [0.25, 0.3) is 10.9 Å². The van der Waals surface area contributed by atoms with E-state index in [1.807, 2.05) is 66.7 Å². The lowest BCUT2D eigenvalue weighted by molar-refractivity contribution is 0.410. The van der Waals surface area contributed by atoms with Crippen molar-refractivity contribution in [2.45, 2.75) is 13.1 Å². The van der Waals surface area contributed by atoms with Crippen LogP contribution in [-0.2, 0) is 13.1 Å². The Morgan fingerprint density at radius 3 is 2.36 bits per heavy atom. The van der Waals surface area contributed by atoms with Crippen LogP contribution >= 0.6 is 0 Å². The number of benzene rings is 3. The summed E-state index contributed by atoms with van der Waals surface area (Å²) in [6.45, 7) is 1.29. The average Bonchev–Trinajstić information content (AvgIpc) is 2.77. The van der Waals surface area contributed by atoms with Crippen LogP contribution in [0.3, 0.4) is 0 Å². The highest BCUT2D eigenvalue weighted by molar-refractivity contribution is 5.90. The van der Waals surface area contributed by atoms with Gasteiger partial charge in [-0.25, -0.2) is 4.98 Å². The first-order valence-electron chi connectivity index (χ1n) is 9.24. The van der Waals surface area contributed by atoms with Crippen LogP contribution in [0.2, 0.25) is 0 Å². The van der Waals surface area contributed by atoms with E-state index < -0.39 is 0 Å². The van der Waals surface area contributed by atoms with Crippen molar-refractivity contribution in [2.24, 2.45) is 0 Å². The molecular weight excluding hydrogens is 348 g/mol. The molecule has 0 fully saturated rings. The van der Waals surface area contributed by atoms with E-state index in [-0.39, 0.29) is 0 Å². The number of ether oxygens (including phenoxy) is 1. The predicted octanol–water partition coefficient (Wildman–Crippen LogP) is 4.86. The Morgan fingerprint density at radius 2 is 1.50 bits per heavy atom. The van der Waals surface area contributed by atoms with E-state index in [4.69, 9.17) is 9.72 Å². The topological polar surface area (TPSA) is 59.1 Å². The van der Waals surface area contributed by atoms with Crippen LogP contribution in [-0.4, -0.2) is 17.1 Å². The van der Waals surface area contributed by atoms with Gasteiger partial charge < -0.3 is 15.4 Å². The number of hydrogen-bond donors (Lipinski definition) is 2. The Labute approximate surface area is 164 Å². The fraction of sp³-hybridized carbons (Fsp3) is 0.130. The molecule has 0 saturated carbocycles. The van der Waals surface area contributed by atoms with Crippen LogP contribution in [0.5, 0.6) is 5.75 Å². The van der Waals surface area contributed by atoms with Gasteiger partial charge in [0.1, 0.15) is 11.6 Å². The number of nitrogens with zero attached hydrogens (tertiary/aromatic N) is 2. The number of rotatable bonds is 7. The Kier molecular flexibility index (Phi) is 5.33. The molecule has 4 rings (SSSR count). The van der Waals surface area contributed by atoms with Crippen molar-refractivity contribution in [3.8, 4) is 5.75 Å². The lowest BCUT2D eigenvalue weighted by atomic mass is 10.2. The zero-order chi connectivity index (χ0) is 19.2. The van der Waals surface area contributed by atoms with Crippen LogP contribution in [0.4, 0.5) is 11.8 Å². The van der Waals surface area contributed by atoms with E-state index in [1.165, 1.54) is 5.56 Å². The zero-order valence-corrected chi connectivity index (χ0v) is 15.7. The van der Waals surface area contributed by atoms with Gasteiger partial charge in [-0.2, -0.15) is 4.98 Å². The van der Waals surface area contributed by atoms with Gasteiger partial charge in [0.05, 0.1) is 12.6 Å². The molecule has 4 aromatic rings. The summed E-state index contributed by atoms with van der Waals surface area (Å²) in [5.74, 6) is 2.25. The quantitative estimate of drug-likeness (QED) is 0.486. The molecule has 0 aliphatic carbocycles. The Bertz CT molecular complexity index is 1070. The second-order valence-electron chi connectivity index (χ2n) is 6.42. The molecule has 140 valence electrons. The minimum atomic E-state index is 0.583. The highest BCUT2D eigenvalue weighted by atomic mass is 16.5. The first-order chi connectivity index (χ1) is 13.8. The summed E-state index contributed by atoms with van der Waals surface area (Å²) >= 11 is 0. The maximum atomic E-state index is 5.42. The number of nitrogens with one attached hydrogen (secondary N) is 2. The molecule has 5 heteroatoms. The zero-order valence-electron chi connectivity index (χ0n) is 15.7. The summed E-state index contributed by atoms with van der Waals surface area (Å²) in [5.41, 5.74) is 3.16. The maximum Gasteiger partial charge on any atom is 0.225 e. The van der Waals surface area contributed by atoms with Gasteiger partial charge in [0.15, 0.2) is 0 Å². The third-order valence-corrected chi connectivity index (χ3v) is 4.54. The third kappa shape index (κ3) is 4.04. The number of hydrogen-bond acceptors (Lipinski definition) is 5. The molecule has 0 bridgehead atoms. The van der Waals surface area contributed by atoms with Gasteiger partial charge in [0.25, 0.3) is 0 Å². The van der Waals surface area contributed by atoms with Crippen molar-refractivity contribution in [3.05, 3.63) is 90.0 Å². The smallest absolute Gasteiger partial charge is 0.225 e. The fourth-order valence-electron chi connectivity index (χ4n) is 3.10. The van der Waals surface area contributed by atoms with E-state index in [1.54, 1.807) is 7.11 Å². The molecule has 1 heterocycles. The lowest BCUT2D eigenvalue weighted by Gasteiger charge is -2.13. The predicted molar refractivity (Wildman–Crippen MR) is 114 cm³/mol. The highest BCUT2D eigenvalue weighted by Crippen LogP contribution is 2.23. The first kappa shape index (κ1) is 17.8. The average molecular weight is 370 g/mol. The largest absolute Gasteiger partial charge is 0.496 e.